The molecule has 0 amide bonds. The van der Waals surface area contributed by atoms with Gasteiger partial charge in [0.05, 0.1) is 10.8 Å². The SMILES string of the molecule is CC(C)(C)c1cc2c3c(c1)N(c1ccc4c(c1)-c1ccccc1C41c4ccccc4-c4ccccc41)c1ccccc1B3c1ccccc1N2c1ccc2c(c1)-c1ccccc1C21c2ccccc2-c2ccccc21. The van der Waals surface area contributed by atoms with Gasteiger partial charge in [0, 0.05) is 34.1 Å². The van der Waals surface area contributed by atoms with Crippen LogP contribution in [0, 0.1) is 0 Å². The molecule has 0 N–H and O–H groups in total. The summed E-state index contributed by atoms with van der Waals surface area (Å²) < 4.78 is 0. The number of para-hydroxylation sites is 2. The lowest BCUT2D eigenvalue weighted by Crippen LogP contribution is -2.61. The fourth-order valence-corrected chi connectivity index (χ4v) is 15.3. The van der Waals surface area contributed by atoms with Gasteiger partial charge in [-0.05, 0) is 165 Å². The lowest BCUT2D eigenvalue weighted by atomic mass is 9.33. The summed E-state index contributed by atoms with van der Waals surface area (Å²) in [6.07, 6.45) is 0. The predicted octanol–water partition coefficient (Wildman–Crippen LogP) is 15.8. The van der Waals surface area contributed by atoms with Crippen molar-refractivity contribution in [1.82, 2.24) is 0 Å². The maximum atomic E-state index is 2.61. The van der Waals surface area contributed by atoms with Crippen LogP contribution >= 0.6 is 0 Å². The monoisotopic (exact) mass is 952 g/mol. The number of hydrogen-bond acceptors (Lipinski definition) is 2. The molecule has 4 aliphatic carbocycles. The molecular weight excluding hydrogens is 904 g/mol. The topological polar surface area (TPSA) is 6.48 Å². The first-order chi connectivity index (χ1) is 36.9. The van der Waals surface area contributed by atoms with Crippen molar-refractivity contribution in [3.8, 4) is 44.5 Å². The van der Waals surface area contributed by atoms with Crippen LogP contribution in [0.2, 0.25) is 0 Å². The Morgan fingerprint density at radius 1 is 0.293 bits per heavy atom. The van der Waals surface area contributed by atoms with Crippen molar-refractivity contribution in [2.24, 2.45) is 0 Å². The second-order valence-electron chi connectivity index (χ2n) is 22.6. The van der Waals surface area contributed by atoms with Crippen LogP contribution in [0.4, 0.5) is 34.1 Å². The number of rotatable bonds is 2. The second-order valence-corrected chi connectivity index (χ2v) is 22.6. The van der Waals surface area contributed by atoms with Gasteiger partial charge in [-0.1, -0.05) is 215 Å². The van der Waals surface area contributed by atoms with Gasteiger partial charge in [0.2, 0.25) is 0 Å². The quantitative estimate of drug-likeness (QED) is 0.159. The van der Waals surface area contributed by atoms with E-state index in [4.69, 9.17) is 0 Å². The molecule has 0 saturated carbocycles. The van der Waals surface area contributed by atoms with Crippen LogP contribution in [0.1, 0.15) is 70.8 Å². The van der Waals surface area contributed by atoms with Crippen molar-refractivity contribution in [2.45, 2.75) is 37.0 Å². The molecule has 350 valence electrons. The maximum absolute atomic E-state index is 2.61. The van der Waals surface area contributed by atoms with Crippen LogP contribution in [-0.4, -0.2) is 6.71 Å². The minimum Gasteiger partial charge on any atom is -0.311 e. The van der Waals surface area contributed by atoms with Gasteiger partial charge in [-0.2, -0.15) is 0 Å². The summed E-state index contributed by atoms with van der Waals surface area (Å²) in [5, 5.41) is 0. The van der Waals surface area contributed by atoms with Crippen molar-refractivity contribution >= 4 is 57.2 Å². The zero-order valence-electron chi connectivity index (χ0n) is 42.1. The van der Waals surface area contributed by atoms with Gasteiger partial charge in [0.1, 0.15) is 0 Å². The van der Waals surface area contributed by atoms with Crippen molar-refractivity contribution in [1.29, 1.82) is 0 Å². The van der Waals surface area contributed by atoms with Gasteiger partial charge < -0.3 is 9.80 Å². The third-order valence-electron chi connectivity index (χ3n) is 18.2. The van der Waals surface area contributed by atoms with E-state index in [1.165, 1.54) is 145 Å². The average molecular weight is 953 g/mol. The van der Waals surface area contributed by atoms with Crippen molar-refractivity contribution in [3.05, 3.63) is 293 Å². The largest absolute Gasteiger partial charge is 0.311 e. The molecular formula is C72H49BN2. The lowest BCUT2D eigenvalue weighted by Gasteiger charge is -2.45. The molecule has 0 aromatic heterocycles. The first-order valence-electron chi connectivity index (χ1n) is 26.7. The number of fused-ring (bicyclic) bond motifs is 24. The lowest BCUT2D eigenvalue weighted by molar-refractivity contribution is 0.590. The molecule has 2 heterocycles. The van der Waals surface area contributed by atoms with E-state index in [1.807, 2.05) is 0 Å². The van der Waals surface area contributed by atoms with Gasteiger partial charge in [-0.25, -0.2) is 0 Å². The molecule has 0 fully saturated rings. The number of anilines is 6. The number of hydrogen-bond donors (Lipinski definition) is 0. The molecule has 0 radical (unpaired) electrons. The smallest absolute Gasteiger partial charge is 0.252 e. The Balaban J connectivity index is 0.905. The molecule has 0 unspecified atom stereocenters. The Labute approximate surface area is 438 Å². The van der Waals surface area contributed by atoms with E-state index in [-0.39, 0.29) is 12.1 Å². The van der Waals surface area contributed by atoms with E-state index in [9.17, 15) is 0 Å². The first-order valence-corrected chi connectivity index (χ1v) is 26.7. The summed E-state index contributed by atoms with van der Waals surface area (Å²) in [6.45, 7) is 7.13. The normalized spacial score (nSPS) is 15.3. The summed E-state index contributed by atoms with van der Waals surface area (Å²) in [5.41, 5.74) is 33.0. The standard InChI is InChI=1S/C72H49BN2/c1-70(2,3)44-40-67-69-68(41-44)75(46-37-39-62-54(43-46)52-25-9-15-31-60(52)72(62)57-28-12-6-22-49(57)50-23-7-13-29-58(50)72)66-35-19-17-33-64(66)73(69)63-32-16-18-34-65(63)74(67)45-36-38-61-53(42-45)51-24-8-14-30-59(51)71(61)55-26-10-4-20-47(55)48-21-5-11-27-56(48)71/h4-43H,1-3H3. The van der Waals surface area contributed by atoms with Crippen LogP contribution in [-0.2, 0) is 16.2 Å². The molecule has 75 heavy (non-hydrogen) atoms. The van der Waals surface area contributed by atoms with E-state index in [2.05, 4.69) is 273 Å². The number of benzene rings is 11. The van der Waals surface area contributed by atoms with Crippen LogP contribution in [0.3, 0.4) is 0 Å². The van der Waals surface area contributed by atoms with Crippen molar-refractivity contribution in [3.63, 3.8) is 0 Å². The van der Waals surface area contributed by atoms with E-state index in [0.29, 0.717) is 0 Å². The van der Waals surface area contributed by atoms with Gasteiger partial charge in [-0.15, -0.1) is 0 Å². The average Bonchev–Trinajstić information content (AvgIpc) is 4.36. The molecule has 0 saturated heterocycles. The summed E-state index contributed by atoms with van der Waals surface area (Å²) >= 11 is 0. The molecule has 11 aromatic rings. The summed E-state index contributed by atoms with van der Waals surface area (Å²) in [7, 11) is 0. The van der Waals surface area contributed by atoms with E-state index in [0.717, 1.165) is 0 Å². The first kappa shape index (κ1) is 41.5. The van der Waals surface area contributed by atoms with Crippen molar-refractivity contribution in [2.75, 3.05) is 9.80 Å². The molecule has 2 nitrogen and oxygen atoms in total. The fraction of sp³-hybridized carbons (Fsp3) is 0.0833. The van der Waals surface area contributed by atoms with Crippen LogP contribution in [0.5, 0.6) is 0 Å². The van der Waals surface area contributed by atoms with Gasteiger partial charge in [-0.3, -0.25) is 0 Å². The van der Waals surface area contributed by atoms with Gasteiger partial charge in [0.15, 0.2) is 0 Å². The molecule has 3 heteroatoms. The molecule has 0 atom stereocenters. The Kier molecular flexibility index (Phi) is 8.00. The molecule has 6 aliphatic rings. The minimum absolute atomic E-state index is 0.0266. The maximum Gasteiger partial charge on any atom is 0.252 e. The second kappa shape index (κ2) is 14.4. The predicted molar refractivity (Wildman–Crippen MR) is 312 cm³/mol. The molecule has 17 rings (SSSR count). The van der Waals surface area contributed by atoms with E-state index < -0.39 is 10.8 Å². The highest BCUT2D eigenvalue weighted by atomic mass is 15.2. The fourth-order valence-electron chi connectivity index (χ4n) is 15.3. The highest BCUT2D eigenvalue weighted by Gasteiger charge is 2.54. The Morgan fingerprint density at radius 2 is 0.587 bits per heavy atom. The Hall–Kier alpha value is -8.92. The Morgan fingerprint density at radius 3 is 0.933 bits per heavy atom. The van der Waals surface area contributed by atoms with Gasteiger partial charge >= 0.3 is 0 Å². The molecule has 11 aromatic carbocycles. The molecule has 2 aliphatic heterocycles. The highest BCUT2D eigenvalue weighted by molar-refractivity contribution is 7.00. The third-order valence-corrected chi connectivity index (χ3v) is 18.2. The van der Waals surface area contributed by atoms with Crippen LogP contribution < -0.4 is 26.2 Å². The number of nitrogens with zero attached hydrogens (tertiary/aromatic N) is 2. The zero-order chi connectivity index (χ0) is 49.5. The summed E-state index contributed by atoms with van der Waals surface area (Å²) in [5.74, 6) is 0. The third kappa shape index (κ3) is 5.02. The highest BCUT2D eigenvalue weighted by Crippen LogP contribution is 2.65. The van der Waals surface area contributed by atoms with Crippen molar-refractivity contribution < 1.29 is 0 Å². The van der Waals surface area contributed by atoms with Gasteiger partial charge in [0.25, 0.3) is 6.71 Å². The summed E-state index contributed by atoms with van der Waals surface area (Å²) in [6, 6.07) is 93.1. The Bertz CT molecular complexity index is 3980. The summed E-state index contributed by atoms with van der Waals surface area (Å²) in [4.78, 5) is 5.21. The minimum atomic E-state index is -0.404. The van der Waals surface area contributed by atoms with Crippen LogP contribution in [0.15, 0.2) is 243 Å². The molecule has 0 bridgehead atoms. The zero-order valence-corrected chi connectivity index (χ0v) is 42.1. The van der Waals surface area contributed by atoms with E-state index >= 15 is 0 Å². The van der Waals surface area contributed by atoms with Crippen LogP contribution in [0.25, 0.3) is 44.5 Å². The van der Waals surface area contributed by atoms with E-state index in [1.54, 1.807) is 0 Å². The molecule has 2 spiro atoms.